The quantitative estimate of drug-likeness (QED) is 0.642. The van der Waals surface area contributed by atoms with Crippen LogP contribution in [0, 0.1) is 19.8 Å². The number of carbonyl (C=O) groups excluding carboxylic acids is 2. The van der Waals surface area contributed by atoms with E-state index in [9.17, 15) is 9.59 Å². The molecule has 1 aromatic rings. The van der Waals surface area contributed by atoms with E-state index >= 15 is 0 Å². The van der Waals surface area contributed by atoms with E-state index in [0.717, 1.165) is 24.0 Å². The van der Waals surface area contributed by atoms with Crippen LogP contribution in [0.1, 0.15) is 40.7 Å². The summed E-state index contributed by atoms with van der Waals surface area (Å²) in [4.78, 5) is 24.3. The third kappa shape index (κ3) is 2.61. The highest BCUT2D eigenvalue weighted by atomic mass is 16.2. The Balaban J connectivity index is 2.26. The maximum absolute atomic E-state index is 12.4. The molecule has 1 saturated heterocycles. The highest BCUT2D eigenvalue weighted by Gasteiger charge is 2.29. The second-order valence-corrected chi connectivity index (χ2v) is 5.02. The molecule has 1 aliphatic rings. The SMILES string of the molecule is Cc1ccc(C(=O)C2CCCCNC2=O)c(C)c1. The number of hydrogen-bond acceptors (Lipinski definition) is 2. The third-order valence-corrected chi connectivity index (χ3v) is 3.50. The number of Topliss-reactive ketones (excluding diaryl/α,β-unsaturated/α-hetero) is 1. The molecule has 3 heteroatoms. The molecule has 1 N–H and O–H groups in total. The molecule has 1 atom stereocenters. The summed E-state index contributed by atoms with van der Waals surface area (Å²) in [7, 11) is 0. The van der Waals surface area contributed by atoms with Crippen molar-refractivity contribution in [1.82, 2.24) is 5.32 Å². The Labute approximate surface area is 108 Å². The number of rotatable bonds is 2. The molecule has 1 amide bonds. The molecule has 2 rings (SSSR count). The van der Waals surface area contributed by atoms with Crippen LogP contribution in [0.15, 0.2) is 18.2 Å². The first-order chi connectivity index (χ1) is 8.59. The standard InChI is InChI=1S/C15H19NO2/c1-10-6-7-12(11(2)9-10)14(17)13-5-3-4-8-16-15(13)18/h6-7,9,13H,3-5,8H2,1-2H3,(H,16,18). The van der Waals surface area contributed by atoms with Crippen molar-refractivity contribution in [1.29, 1.82) is 0 Å². The van der Waals surface area contributed by atoms with Gasteiger partial charge >= 0.3 is 0 Å². The van der Waals surface area contributed by atoms with Gasteiger partial charge in [0.15, 0.2) is 5.78 Å². The Morgan fingerprint density at radius 1 is 1.28 bits per heavy atom. The van der Waals surface area contributed by atoms with Gasteiger partial charge in [-0.25, -0.2) is 0 Å². The largest absolute Gasteiger partial charge is 0.355 e. The van der Waals surface area contributed by atoms with Crippen LogP contribution in [0.25, 0.3) is 0 Å². The first-order valence-electron chi connectivity index (χ1n) is 6.49. The summed E-state index contributed by atoms with van der Waals surface area (Å²) in [6, 6.07) is 5.75. The molecule has 96 valence electrons. The van der Waals surface area contributed by atoms with Crippen LogP contribution in [-0.4, -0.2) is 18.2 Å². The predicted molar refractivity (Wildman–Crippen MR) is 70.6 cm³/mol. The molecule has 1 unspecified atom stereocenters. The second-order valence-electron chi connectivity index (χ2n) is 5.02. The number of ketones is 1. The zero-order chi connectivity index (χ0) is 13.1. The Kier molecular flexibility index (Phi) is 3.80. The van der Waals surface area contributed by atoms with Gasteiger partial charge in [-0.3, -0.25) is 9.59 Å². The molecular formula is C15H19NO2. The summed E-state index contributed by atoms with van der Waals surface area (Å²) in [5, 5.41) is 2.82. The van der Waals surface area contributed by atoms with Crippen molar-refractivity contribution in [3.8, 4) is 0 Å². The summed E-state index contributed by atoms with van der Waals surface area (Å²) in [5.74, 6) is -0.654. The van der Waals surface area contributed by atoms with Crippen LogP contribution in [-0.2, 0) is 4.79 Å². The van der Waals surface area contributed by atoms with Crippen LogP contribution in [0.5, 0.6) is 0 Å². The monoisotopic (exact) mass is 245 g/mol. The van der Waals surface area contributed by atoms with Gasteiger partial charge in [0, 0.05) is 12.1 Å². The van der Waals surface area contributed by atoms with Crippen molar-refractivity contribution < 1.29 is 9.59 Å². The maximum atomic E-state index is 12.4. The van der Waals surface area contributed by atoms with Gasteiger partial charge in [0.1, 0.15) is 5.92 Å². The average Bonchev–Trinajstić information content (AvgIpc) is 2.53. The second kappa shape index (κ2) is 5.34. The number of benzene rings is 1. The molecule has 1 heterocycles. The maximum Gasteiger partial charge on any atom is 0.230 e. The topological polar surface area (TPSA) is 46.2 Å². The molecule has 0 saturated carbocycles. The van der Waals surface area contributed by atoms with Gasteiger partial charge in [-0.1, -0.05) is 30.2 Å². The minimum Gasteiger partial charge on any atom is -0.355 e. The van der Waals surface area contributed by atoms with Crippen molar-refractivity contribution in [3.05, 3.63) is 34.9 Å². The van der Waals surface area contributed by atoms with Gasteiger partial charge < -0.3 is 5.32 Å². The van der Waals surface area contributed by atoms with Gasteiger partial charge in [-0.05, 0) is 32.3 Å². The zero-order valence-electron chi connectivity index (χ0n) is 11.0. The summed E-state index contributed by atoms with van der Waals surface area (Å²) in [6.07, 6.45) is 2.56. The molecule has 0 aliphatic carbocycles. The minimum absolute atomic E-state index is 0.0353. The number of amides is 1. The number of nitrogens with one attached hydrogen (secondary N) is 1. The van der Waals surface area contributed by atoms with Gasteiger partial charge in [0.25, 0.3) is 0 Å². The van der Waals surface area contributed by atoms with Crippen molar-refractivity contribution >= 4 is 11.7 Å². The first kappa shape index (κ1) is 12.8. The highest BCUT2D eigenvalue weighted by molar-refractivity contribution is 6.10. The normalized spacial score (nSPS) is 20.1. The van der Waals surface area contributed by atoms with E-state index in [-0.39, 0.29) is 11.7 Å². The third-order valence-electron chi connectivity index (χ3n) is 3.50. The highest BCUT2D eigenvalue weighted by Crippen LogP contribution is 2.21. The lowest BCUT2D eigenvalue weighted by Crippen LogP contribution is -2.34. The van der Waals surface area contributed by atoms with E-state index in [0.29, 0.717) is 18.5 Å². The van der Waals surface area contributed by atoms with Crippen LogP contribution in [0.2, 0.25) is 0 Å². The Bertz CT molecular complexity index is 479. The lowest BCUT2D eigenvalue weighted by Gasteiger charge is -2.13. The fourth-order valence-corrected chi connectivity index (χ4v) is 2.47. The van der Waals surface area contributed by atoms with E-state index in [2.05, 4.69) is 5.32 Å². The van der Waals surface area contributed by atoms with Gasteiger partial charge in [0.2, 0.25) is 5.91 Å². The van der Waals surface area contributed by atoms with Crippen LogP contribution in [0.4, 0.5) is 0 Å². The molecule has 0 spiro atoms. The summed E-state index contributed by atoms with van der Waals surface area (Å²) in [5.41, 5.74) is 2.77. The summed E-state index contributed by atoms with van der Waals surface area (Å²) < 4.78 is 0. The number of hydrogen-bond donors (Lipinski definition) is 1. The average molecular weight is 245 g/mol. The fourth-order valence-electron chi connectivity index (χ4n) is 2.47. The van der Waals surface area contributed by atoms with E-state index in [1.54, 1.807) is 0 Å². The van der Waals surface area contributed by atoms with Crippen LogP contribution >= 0.6 is 0 Å². The Morgan fingerprint density at radius 3 is 2.78 bits per heavy atom. The molecule has 1 aliphatic heterocycles. The molecule has 1 aromatic carbocycles. The number of carbonyl (C=O) groups is 2. The van der Waals surface area contributed by atoms with Crippen LogP contribution in [0.3, 0.4) is 0 Å². The lowest BCUT2D eigenvalue weighted by molar-refractivity contribution is -0.123. The van der Waals surface area contributed by atoms with Crippen molar-refractivity contribution in [2.24, 2.45) is 5.92 Å². The Morgan fingerprint density at radius 2 is 2.06 bits per heavy atom. The molecule has 0 aromatic heterocycles. The summed E-state index contributed by atoms with van der Waals surface area (Å²) >= 11 is 0. The molecule has 1 fully saturated rings. The predicted octanol–water partition coefficient (Wildman–Crippen LogP) is 2.40. The van der Waals surface area contributed by atoms with E-state index in [1.807, 2.05) is 32.0 Å². The van der Waals surface area contributed by atoms with Crippen molar-refractivity contribution in [2.45, 2.75) is 33.1 Å². The number of aryl methyl sites for hydroxylation is 2. The molecular weight excluding hydrogens is 226 g/mol. The smallest absolute Gasteiger partial charge is 0.230 e. The van der Waals surface area contributed by atoms with Crippen LogP contribution < -0.4 is 5.32 Å². The van der Waals surface area contributed by atoms with Gasteiger partial charge in [-0.2, -0.15) is 0 Å². The molecule has 0 radical (unpaired) electrons. The van der Waals surface area contributed by atoms with Gasteiger partial charge in [0.05, 0.1) is 0 Å². The van der Waals surface area contributed by atoms with E-state index in [4.69, 9.17) is 0 Å². The lowest BCUT2D eigenvalue weighted by atomic mass is 9.90. The summed E-state index contributed by atoms with van der Waals surface area (Å²) in [6.45, 7) is 4.62. The van der Waals surface area contributed by atoms with Gasteiger partial charge in [-0.15, -0.1) is 0 Å². The van der Waals surface area contributed by atoms with Crippen molar-refractivity contribution in [2.75, 3.05) is 6.54 Å². The zero-order valence-corrected chi connectivity index (χ0v) is 11.0. The van der Waals surface area contributed by atoms with E-state index in [1.165, 1.54) is 0 Å². The minimum atomic E-state index is -0.506. The van der Waals surface area contributed by atoms with E-state index < -0.39 is 5.92 Å². The van der Waals surface area contributed by atoms with Crippen molar-refractivity contribution in [3.63, 3.8) is 0 Å². The first-order valence-corrected chi connectivity index (χ1v) is 6.49. The molecule has 18 heavy (non-hydrogen) atoms. The molecule has 3 nitrogen and oxygen atoms in total. The fraction of sp³-hybridized carbons (Fsp3) is 0.467. The Hall–Kier alpha value is -1.64. The molecule has 0 bridgehead atoms.